The van der Waals surface area contributed by atoms with Crippen molar-refractivity contribution in [3.8, 4) is 5.75 Å². The van der Waals surface area contributed by atoms with Crippen molar-refractivity contribution in [3.63, 3.8) is 0 Å². The van der Waals surface area contributed by atoms with Crippen molar-refractivity contribution < 1.29 is 13.9 Å². The van der Waals surface area contributed by atoms with E-state index in [4.69, 9.17) is 4.74 Å². The van der Waals surface area contributed by atoms with Crippen LogP contribution in [-0.4, -0.2) is 54.1 Å². The molecule has 0 bridgehead atoms. The third-order valence-electron chi connectivity index (χ3n) is 4.02. The number of anilines is 1. The second-order valence-corrected chi connectivity index (χ2v) is 5.59. The second kappa shape index (κ2) is 7.74. The summed E-state index contributed by atoms with van der Waals surface area (Å²) >= 11 is 0. The van der Waals surface area contributed by atoms with Crippen LogP contribution in [0.15, 0.2) is 42.7 Å². The number of carbonyl (C=O) groups is 1. The first-order chi connectivity index (χ1) is 12.2. The number of aromatic nitrogens is 2. The van der Waals surface area contributed by atoms with Gasteiger partial charge in [-0.3, -0.25) is 4.79 Å². The maximum Gasteiger partial charge on any atom is 0.246 e. The van der Waals surface area contributed by atoms with Gasteiger partial charge in [0.25, 0.3) is 0 Å². The van der Waals surface area contributed by atoms with Crippen LogP contribution in [0.1, 0.15) is 5.56 Å². The quantitative estimate of drug-likeness (QED) is 0.796. The molecule has 0 atom stereocenters. The minimum atomic E-state index is -0.450. The van der Waals surface area contributed by atoms with Gasteiger partial charge in [0.1, 0.15) is 0 Å². The number of halogens is 1. The fourth-order valence-corrected chi connectivity index (χ4v) is 2.64. The Morgan fingerprint density at radius 3 is 2.56 bits per heavy atom. The number of methoxy groups -OCH3 is 1. The molecule has 7 heteroatoms. The van der Waals surface area contributed by atoms with Gasteiger partial charge in [-0.2, -0.15) is 0 Å². The number of piperazine rings is 1. The first-order valence-corrected chi connectivity index (χ1v) is 8.00. The Balaban J connectivity index is 1.57. The topological polar surface area (TPSA) is 58.6 Å². The highest BCUT2D eigenvalue weighted by molar-refractivity contribution is 5.92. The van der Waals surface area contributed by atoms with Crippen LogP contribution in [-0.2, 0) is 4.79 Å². The highest BCUT2D eigenvalue weighted by Gasteiger charge is 2.20. The lowest BCUT2D eigenvalue weighted by Crippen LogP contribution is -2.48. The van der Waals surface area contributed by atoms with Crippen molar-refractivity contribution >= 4 is 17.9 Å². The number of amides is 1. The first kappa shape index (κ1) is 16.9. The third-order valence-corrected chi connectivity index (χ3v) is 4.02. The van der Waals surface area contributed by atoms with Gasteiger partial charge in [-0.25, -0.2) is 14.4 Å². The van der Waals surface area contributed by atoms with Crippen molar-refractivity contribution in [1.82, 2.24) is 14.9 Å². The number of ether oxygens (including phenoxy) is 1. The average Bonchev–Trinajstić information content (AvgIpc) is 2.67. The van der Waals surface area contributed by atoms with Crippen LogP contribution in [0.5, 0.6) is 5.75 Å². The van der Waals surface area contributed by atoms with E-state index in [9.17, 15) is 9.18 Å². The van der Waals surface area contributed by atoms with E-state index in [-0.39, 0.29) is 11.7 Å². The van der Waals surface area contributed by atoms with E-state index in [1.807, 2.05) is 4.90 Å². The average molecular weight is 342 g/mol. The van der Waals surface area contributed by atoms with Crippen molar-refractivity contribution in [2.45, 2.75) is 0 Å². The van der Waals surface area contributed by atoms with Gasteiger partial charge >= 0.3 is 0 Å². The van der Waals surface area contributed by atoms with Crippen LogP contribution < -0.4 is 9.64 Å². The molecule has 0 N–H and O–H groups in total. The molecule has 1 aliphatic heterocycles. The Morgan fingerprint density at radius 1 is 1.20 bits per heavy atom. The summed E-state index contributed by atoms with van der Waals surface area (Å²) in [7, 11) is 1.41. The van der Waals surface area contributed by atoms with Gasteiger partial charge in [0, 0.05) is 44.6 Å². The molecule has 1 aromatic carbocycles. The fraction of sp³-hybridized carbons (Fsp3) is 0.278. The largest absolute Gasteiger partial charge is 0.494 e. The summed E-state index contributed by atoms with van der Waals surface area (Å²) in [6.07, 6.45) is 6.49. The molecular weight excluding hydrogens is 323 g/mol. The zero-order valence-electron chi connectivity index (χ0n) is 13.9. The molecule has 0 radical (unpaired) electrons. The fourth-order valence-electron chi connectivity index (χ4n) is 2.64. The van der Waals surface area contributed by atoms with Crippen LogP contribution in [0.25, 0.3) is 6.08 Å². The van der Waals surface area contributed by atoms with Crippen molar-refractivity contribution in [2.75, 3.05) is 38.2 Å². The molecule has 130 valence electrons. The van der Waals surface area contributed by atoms with Crippen LogP contribution >= 0.6 is 0 Å². The van der Waals surface area contributed by atoms with E-state index in [1.54, 1.807) is 35.5 Å². The van der Waals surface area contributed by atoms with E-state index in [0.717, 1.165) is 0 Å². The molecule has 6 nitrogen and oxygen atoms in total. The molecule has 1 amide bonds. The molecule has 2 heterocycles. The first-order valence-electron chi connectivity index (χ1n) is 8.00. The van der Waals surface area contributed by atoms with Crippen molar-refractivity contribution in [2.24, 2.45) is 0 Å². The minimum absolute atomic E-state index is 0.0927. The number of benzene rings is 1. The van der Waals surface area contributed by atoms with Gasteiger partial charge in [0.2, 0.25) is 11.9 Å². The zero-order valence-corrected chi connectivity index (χ0v) is 13.9. The Labute approximate surface area is 145 Å². The summed E-state index contributed by atoms with van der Waals surface area (Å²) < 4.78 is 18.5. The highest BCUT2D eigenvalue weighted by atomic mass is 19.1. The van der Waals surface area contributed by atoms with Gasteiger partial charge in [-0.1, -0.05) is 6.07 Å². The molecule has 2 aromatic rings. The summed E-state index contributed by atoms with van der Waals surface area (Å²) in [4.78, 5) is 24.5. The standard InChI is InChI=1S/C18H19FN4O2/c1-25-16-5-3-14(13-15(16)19)4-6-17(24)22-9-11-23(12-10-22)18-20-7-2-8-21-18/h2-8,13H,9-12H2,1H3/b6-4+. The van der Waals surface area contributed by atoms with Crippen LogP contribution in [0.3, 0.4) is 0 Å². The summed E-state index contributed by atoms with van der Waals surface area (Å²) in [5, 5.41) is 0. The molecule has 1 fully saturated rings. The van der Waals surface area contributed by atoms with Gasteiger partial charge in [0.15, 0.2) is 11.6 Å². The molecule has 0 unspecified atom stereocenters. The number of hydrogen-bond acceptors (Lipinski definition) is 5. The monoisotopic (exact) mass is 342 g/mol. The van der Waals surface area contributed by atoms with Gasteiger partial charge in [0.05, 0.1) is 7.11 Å². The molecule has 25 heavy (non-hydrogen) atoms. The van der Waals surface area contributed by atoms with E-state index in [0.29, 0.717) is 37.7 Å². The smallest absolute Gasteiger partial charge is 0.246 e. The van der Waals surface area contributed by atoms with Crippen LogP contribution in [0, 0.1) is 5.82 Å². The highest BCUT2D eigenvalue weighted by Crippen LogP contribution is 2.18. The van der Waals surface area contributed by atoms with E-state index in [2.05, 4.69) is 9.97 Å². The third kappa shape index (κ3) is 4.12. The molecule has 0 spiro atoms. The maximum atomic E-state index is 13.7. The number of rotatable bonds is 4. The van der Waals surface area contributed by atoms with Gasteiger partial charge < -0.3 is 14.5 Å². The predicted octanol–water partition coefficient (Wildman–Crippen LogP) is 1.99. The lowest BCUT2D eigenvalue weighted by molar-refractivity contribution is -0.126. The summed E-state index contributed by atoms with van der Waals surface area (Å²) in [5.41, 5.74) is 0.614. The van der Waals surface area contributed by atoms with Crippen molar-refractivity contribution in [1.29, 1.82) is 0 Å². The molecule has 0 aliphatic carbocycles. The minimum Gasteiger partial charge on any atom is -0.494 e. The number of hydrogen-bond donors (Lipinski definition) is 0. The Hall–Kier alpha value is -2.96. The Morgan fingerprint density at radius 2 is 1.92 bits per heavy atom. The van der Waals surface area contributed by atoms with E-state index >= 15 is 0 Å². The van der Waals surface area contributed by atoms with Gasteiger partial charge in [-0.05, 0) is 29.8 Å². The summed E-state index contributed by atoms with van der Waals surface area (Å²) in [6.45, 7) is 2.55. The molecule has 0 saturated carbocycles. The predicted molar refractivity (Wildman–Crippen MR) is 92.8 cm³/mol. The second-order valence-electron chi connectivity index (χ2n) is 5.59. The molecular formula is C18H19FN4O2. The number of nitrogens with zero attached hydrogens (tertiary/aromatic N) is 4. The van der Waals surface area contributed by atoms with E-state index in [1.165, 1.54) is 25.3 Å². The number of carbonyl (C=O) groups excluding carboxylic acids is 1. The Kier molecular flexibility index (Phi) is 5.23. The lowest BCUT2D eigenvalue weighted by atomic mass is 10.2. The molecule has 1 aromatic heterocycles. The normalized spacial score (nSPS) is 14.8. The molecule has 1 aliphatic rings. The van der Waals surface area contributed by atoms with Crippen LogP contribution in [0.2, 0.25) is 0 Å². The molecule has 1 saturated heterocycles. The maximum absolute atomic E-state index is 13.7. The summed E-state index contributed by atoms with van der Waals surface area (Å²) in [5.74, 6) is 0.319. The van der Waals surface area contributed by atoms with Crippen LogP contribution in [0.4, 0.5) is 10.3 Å². The molecule has 3 rings (SSSR count). The summed E-state index contributed by atoms with van der Waals surface area (Å²) in [6, 6.07) is 6.36. The SMILES string of the molecule is COc1ccc(/C=C/C(=O)N2CCN(c3ncccn3)CC2)cc1F. The van der Waals surface area contributed by atoms with Gasteiger partial charge in [-0.15, -0.1) is 0 Å². The Bertz CT molecular complexity index is 759. The zero-order chi connectivity index (χ0) is 17.6. The lowest BCUT2D eigenvalue weighted by Gasteiger charge is -2.34. The van der Waals surface area contributed by atoms with Crippen molar-refractivity contribution in [3.05, 3.63) is 54.1 Å². The van der Waals surface area contributed by atoms with E-state index < -0.39 is 5.82 Å².